The van der Waals surface area contributed by atoms with Gasteiger partial charge in [0.1, 0.15) is 4.90 Å². The maximum absolute atomic E-state index is 13.4. The molecule has 0 amide bonds. The van der Waals surface area contributed by atoms with Crippen LogP contribution in [0.2, 0.25) is 10.0 Å². The molecule has 7 heteroatoms. The van der Waals surface area contributed by atoms with E-state index in [9.17, 15) is 8.42 Å². The van der Waals surface area contributed by atoms with Crippen molar-refractivity contribution < 1.29 is 8.42 Å². The molecule has 154 valence electrons. The summed E-state index contributed by atoms with van der Waals surface area (Å²) < 4.78 is 28.3. The first-order valence-corrected chi connectivity index (χ1v) is 11.5. The highest BCUT2D eigenvalue weighted by molar-refractivity contribution is 7.89. The predicted octanol–water partition coefficient (Wildman–Crippen LogP) is 5.14. The number of aryl methyl sites for hydroxylation is 2. The van der Waals surface area contributed by atoms with E-state index in [0.717, 1.165) is 36.1 Å². The molecule has 0 radical (unpaired) electrons. The molecule has 0 unspecified atom stereocenters. The first kappa shape index (κ1) is 23.2. The second kappa shape index (κ2) is 10.1. The van der Waals surface area contributed by atoms with Gasteiger partial charge in [0.2, 0.25) is 10.0 Å². The molecule has 0 saturated heterocycles. The van der Waals surface area contributed by atoms with Gasteiger partial charge in [-0.15, -0.1) is 0 Å². The van der Waals surface area contributed by atoms with E-state index in [1.807, 2.05) is 40.1 Å². The molecular weight excluding hydrogens is 415 g/mol. The number of halogens is 2. The van der Waals surface area contributed by atoms with Gasteiger partial charge < -0.3 is 4.90 Å². The van der Waals surface area contributed by atoms with Crippen molar-refractivity contribution in [3.63, 3.8) is 0 Å². The lowest BCUT2D eigenvalue weighted by Gasteiger charge is -2.24. The molecule has 0 aliphatic carbocycles. The predicted molar refractivity (Wildman–Crippen MR) is 118 cm³/mol. The van der Waals surface area contributed by atoms with E-state index in [1.54, 1.807) is 18.2 Å². The first-order valence-electron chi connectivity index (χ1n) is 9.27. The molecule has 0 N–H and O–H groups in total. The van der Waals surface area contributed by atoms with Crippen LogP contribution in [-0.2, 0) is 16.6 Å². The van der Waals surface area contributed by atoms with Crippen molar-refractivity contribution >= 4 is 33.2 Å². The fraction of sp³-hybridized carbons (Fsp3) is 0.429. The van der Waals surface area contributed by atoms with E-state index >= 15 is 0 Å². The minimum Gasteiger partial charge on any atom is -0.309 e. The number of sulfonamides is 1. The Bertz CT molecular complexity index is 874. The molecule has 4 nitrogen and oxygen atoms in total. The number of rotatable bonds is 9. The standard InChI is InChI=1S/C21H28Cl2N2O2S/c1-16-12-17(2)14-18(13-16)15-25(11-6-5-10-24(3)4)28(26,27)21-19(22)8-7-9-20(21)23/h7-9,12-14H,5-6,10-11,15H2,1-4H3. The first-order chi connectivity index (χ1) is 13.1. The summed E-state index contributed by atoms with van der Waals surface area (Å²) >= 11 is 12.4. The van der Waals surface area contributed by atoms with Crippen molar-refractivity contribution in [3.05, 3.63) is 63.1 Å². The topological polar surface area (TPSA) is 40.6 Å². The van der Waals surface area contributed by atoms with Gasteiger partial charge in [0.25, 0.3) is 0 Å². The monoisotopic (exact) mass is 442 g/mol. The van der Waals surface area contributed by atoms with Crippen molar-refractivity contribution in [1.82, 2.24) is 9.21 Å². The summed E-state index contributed by atoms with van der Waals surface area (Å²) in [7, 11) is 0.184. The lowest BCUT2D eigenvalue weighted by Crippen LogP contribution is -2.32. The lowest BCUT2D eigenvalue weighted by atomic mass is 10.1. The number of hydrogen-bond donors (Lipinski definition) is 0. The molecule has 0 atom stereocenters. The second-order valence-electron chi connectivity index (χ2n) is 7.40. The van der Waals surface area contributed by atoms with Gasteiger partial charge in [-0.2, -0.15) is 4.31 Å². The van der Waals surface area contributed by atoms with Crippen molar-refractivity contribution in [3.8, 4) is 0 Å². The van der Waals surface area contributed by atoms with Gasteiger partial charge in [0.05, 0.1) is 10.0 Å². The van der Waals surface area contributed by atoms with Crippen LogP contribution in [0.1, 0.15) is 29.5 Å². The highest BCUT2D eigenvalue weighted by Gasteiger charge is 2.29. The normalized spacial score (nSPS) is 12.1. The molecule has 0 heterocycles. The van der Waals surface area contributed by atoms with Gasteiger partial charge in [-0.1, -0.05) is 58.6 Å². The molecule has 0 fully saturated rings. The summed E-state index contributed by atoms with van der Waals surface area (Å²) in [5.41, 5.74) is 3.17. The Hall–Kier alpha value is -1.11. The fourth-order valence-corrected chi connectivity index (χ4v) is 5.78. The quantitative estimate of drug-likeness (QED) is 0.504. The SMILES string of the molecule is Cc1cc(C)cc(CN(CCCCN(C)C)S(=O)(=O)c2c(Cl)cccc2Cl)c1. The molecule has 2 aromatic carbocycles. The van der Waals surface area contributed by atoms with E-state index in [1.165, 1.54) is 4.31 Å². The molecule has 0 aliphatic heterocycles. The summed E-state index contributed by atoms with van der Waals surface area (Å²) in [4.78, 5) is 2.07. The molecule has 0 aliphatic rings. The maximum atomic E-state index is 13.4. The van der Waals surface area contributed by atoms with Gasteiger partial charge in [0.15, 0.2) is 0 Å². The third-order valence-electron chi connectivity index (χ3n) is 4.42. The summed E-state index contributed by atoms with van der Waals surface area (Å²) in [6.07, 6.45) is 1.66. The Balaban J connectivity index is 2.36. The third kappa shape index (κ3) is 6.19. The lowest BCUT2D eigenvalue weighted by molar-refractivity contribution is 0.358. The van der Waals surface area contributed by atoms with Crippen molar-refractivity contribution in [2.45, 2.75) is 38.1 Å². The van der Waals surface area contributed by atoms with Gasteiger partial charge >= 0.3 is 0 Å². The largest absolute Gasteiger partial charge is 0.309 e. The minimum absolute atomic E-state index is 0.0182. The third-order valence-corrected chi connectivity index (χ3v) is 7.22. The summed E-state index contributed by atoms with van der Waals surface area (Å²) in [6.45, 7) is 5.62. The summed E-state index contributed by atoms with van der Waals surface area (Å²) in [5.74, 6) is 0. The van der Waals surface area contributed by atoms with Gasteiger partial charge in [0, 0.05) is 13.1 Å². The van der Waals surface area contributed by atoms with Crippen LogP contribution in [-0.4, -0.2) is 44.8 Å². The minimum atomic E-state index is -3.83. The van der Waals surface area contributed by atoms with Gasteiger partial charge in [-0.25, -0.2) is 8.42 Å². The van der Waals surface area contributed by atoms with Crippen LogP contribution in [0, 0.1) is 13.8 Å². The highest BCUT2D eigenvalue weighted by atomic mass is 35.5. The van der Waals surface area contributed by atoms with Crippen molar-refractivity contribution in [1.29, 1.82) is 0 Å². The number of benzene rings is 2. The van der Waals surface area contributed by atoms with Crippen LogP contribution in [0.5, 0.6) is 0 Å². The van der Waals surface area contributed by atoms with Crippen molar-refractivity contribution in [2.75, 3.05) is 27.2 Å². The van der Waals surface area contributed by atoms with Crippen LogP contribution in [0.25, 0.3) is 0 Å². The number of hydrogen-bond acceptors (Lipinski definition) is 3. The van der Waals surface area contributed by atoms with Crippen LogP contribution < -0.4 is 0 Å². The van der Waals surface area contributed by atoms with Crippen LogP contribution in [0.15, 0.2) is 41.3 Å². The molecular formula is C21H28Cl2N2O2S. The maximum Gasteiger partial charge on any atom is 0.246 e. The molecule has 2 aromatic rings. The van der Waals surface area contributed by atoms with Crippen LogP contribution >= 0.6 is 23.2 Å². The van der Waals surface area contributed by atoms with E-state index < -0.39 is 10.0 Å². The number of nitrogens with zero attached hydrogens (tertiary/aromatic N) is 2. The van der Waals surface area contributed by atoms with Crippen LogP contribution in [0.3, 0.4) is 0 Å². The molecule has 0 bridgehead atoms. The van der Waals surface area contributed by atoms with E-state index in [0.29, 0.717) is 6.54 Å². The van der Waals surface area contributed by atoms with E-state index in [2.05, 4.69) is 11.0 Å². The molecule has 0 spiro atoms. The zero-order chi connectivity index (χ0) is 20.9. The van der Waals surface area contributed by atoms with Crippen LogP contribution in [0.4, 0.5) is 0 Å². The van der Waals surface area contributed by atoms with Gasteiger partial charge in [-0.3, -0.25) is 0 Å². The van der Waals surface area contributed by atoms with E-state index in [4.69, 9.17) is 23.2 Å². The fourth-order valence-electron chi connectivity index (χ4n) is 3.22. The highest BCUT2D eigenvalue weighted by Crippen LogP contribution is 2.32. The molecule has 2 rings (SSSR count). The summed E-state index contributed by atoms with van der Waals surface area (Å²) in [5, 5.41) is 0.289. The Morgan fingerprint density at radius 1 is 0.893 bits per heavy atom. The van der Waals surface area contributed by atoms with Crippen molar-refractivity contribution in [2.24, 2.45) is 0 Å². The average Bonchev–Trinajstić information content (AvgIpc) is 2.56. The van der Waals surface area contributed by atoms with E-state index in [-0.39, 0.29) is 21.5 Å². The Kier molecular flexibility index (Phi) is 8.34. The smallest absolute Gasteiger partial charge is 0.246 e. The Morgan fingerprint density at radius 3 is 1.96 bits per heavy atom. The summed E-state index contributed by atoms with van der Waals surface area (Å²) in [6, 6.07) is 10.9. The zero-order valence-corrected chi connectivity index (χ0v) is 19.2. The molecule has 28 heavy (non-hydrogen) atoms. The Morgan fingerprint density at radius 2 is 1.43 bits per heavy atom. The number of unbranched alkanes of at least 4 members (excludes halogenated alkanes) is 1. The Labute approximate surface area is 179 Å². The average molecular weight is 443 g/mol. The second-order valence-corrected chi connectivity index (χ2v) is 10.1. The molecule has 0 aromatic heterocycles. The molecule has 0 saturated carbocycles. The zero-order valence-electron chi connectivity index (χ0n) is 16.9. The van der Waals surface area contributed by atoms with Gasteiger partial charge in [-0.05, 0) is 65.0 Å².